The molecule has 0 saturated carbocycles. The molecule has 0 saturated heterocycles. The van der Waals surface area contributed by atoms with Gasteiger partial charge >= 0.3 is 6.85 Å². The fourth-order valence-electron chi connectivity index (χ4n) is 15.1. The smallest absolute Gasteiger partial charge is 0.334 e. The number of rotatable bonds is 5. The van der Waals surface area contributed by atoms with Crippen molar-refractivity contribution in [2.45, 2.75) is 77.6 Å². The zero-order chi connectivity index (χ0) is 54.0. The van der Waals surface area contributed by atoms with Gasteiger partial charge in [0.05, 0.1) is 10.7 Å². The molecule has 6 heteroatoms. The van der Waals surface area contributed by atoms with Gasteiger partial charge in [-0.3, -0.25) is 0 Å². The Morgan fingerprint density at radius 2 is 1.02 bits per heavy atom. The summed E-state index contributed by atoms with van der Waals surface area (Å²) >= 11 is 2.00. The molecule has 0 fully saturated rings. The average Bonchev–Trinajstić information content (AvgIpc) is 4.15. The first kappa shape index (κ1) is 47.8. The zero-order valence-corrected chi connectivity index (χ0v) is 48.4. The minimum Gasteiger partial charge on any atom is -0.376 e. The van der Waals surface area contributed by atoms with Crippen LogP contribution >= 0.6 is 11.3 Å². The summed E-state index contributed by atoms with van der Waals surface area (Å²) in [5.41, 5.74) is 23.3. The maximum absolute atomic E-state index is 2.93. The number of thiophene rings is 1. The van der Waals surface area contributed by atoms with Gasteiger partial charge in [-0.15, -0.1) is 11.3 Å². The van der Waals surface area contributed by atoms with E-state index in [-0.39, 0.29) is 23.1 Å². The quantitative estimate of drug-likeness (QED) is 0.159. The van der Waals surface area contributed by atoms with Gasteiger partial charge in [-0.2, -0.15) is 0 Å². The molecule has 10 aromatic carbocycles. The minimum atomic E-state index is -2.93. The van der Waals surface area contributed by atoms with Gasteiger partial charge < -0.3 is 14.6 Å². The Balaban J connectivity index is 1.10. The molecule has 5 aliphatic rings. The Hall–Kier alpha value is -8.16. The predicted molar refractivity (Wildman–Crippen MR) is 346 cm³/mol. The van der Waals surface area contributed by atoms with E-state index < -0.39 is 8.07 Å². The van der Waals surface area contributed by atoms with Crippen molar-refractivity contribution in [3.8, 4) is 33.4 Å². The molecule has 4 aliphatic heterocycles. The first-order valence-electron chi connectivity index (χ1n) is 28.7. The molecule has 11 aromatic rings. The summed E-state index contributed by atoms with van der Waals surface area (Å²) in [6.45, 7) is 16.8. The largest absolute Gasteiger partial charge is 0.376 e. The summed E-state index contributed by atoms with van der Waals surface area (Å²) in [5.74, 6) is 0. The average molecular weight is 1060 g/mol. The van der Waals surface area contributed by atoms with Gasteiger partial charge in [0.25, 0.3) is 0 Å². The highest BCUT2D eigenvalue weighted by molar-refractivity contribution is 7.27. The Labute approximate surface area is 476 Å². The van der Waals surface area contributed by atoms with Crippen LogP contribution in [0, 0.1) is 0 Å². The summed E-state index contributed by atoms with van der Waals surface area (Å²) in [7, 11) is -2.93. The molecule has 0 bridgehead atoms. The minimum absolute atomic E-state index is 0.0209. The predicted octanol–water partition coefficient (Wildman–Crippen LogP) is 16.1. The number of anilines is 8. The summed E-state index contributed by atoms with van der Waals surface area (Å²) in [5, 5.41) is 8.58. The molecule has 0 N–H and O–H groups in total. The number of para-hydroxylation sites is 4. The van der Waals surface area contributed by atoms with Crippen molar-refractivity contribution in [3.63, 3.8) is 0 Å². The molecule has 0 atom stereocenters. The first-order chi connectivity index (χ1) is 38.8. The van der Waals surface area contributed by atoms with Crippen molar-refractivity contribution in [3.05, 3.63) is 241 Å². The van der Waals surface area contributed by atoms with Crippen molar-refractivity contribution >= 4 is 113 Å². The lowest BCUT2D eigenvalue weighted by atomic mass is 9.43. The van der Waals surface area contributed by atoms with Gasteiger partial charge in [-0.1, -0.05) is 206 Å². The van der Waals surface area contributed by atoms with Crippen LogP contribution in [0.1, 0.15) is 78.0 Å². The fraction of sp³-hybridized carbons (Fsp3) is 0.162. The summed E-state index contributed by atoms with van der Waals surface area (Å²) in [6, 6.07) is 86.8. The van der Waals surface area contributed by atoms with E-state index in [1.165, 1.54) is 120 Å². The lowest BCUT2D eigenvalue weighted by Crippen LogP contribution is -2.78. The molecular formula is C74H62BN3SSi. The monoisotopic (exact) mass is 1060 g/mol. The molecule has 80 heavy (non-hydrogen) atoms. The van der Waals surface area contributed by atoms with Crippen LogP contribution < -0.4 is 46.3 Å². The van der Waals surface area contributed by atoms with E-state index in [1.54, 1.807) is 0 Å². The van der Waals surface area contributed by atoms with Gasteiger partial charge in [0.2, 0.25) is 0 Å². The summed E-state index contributed by atoms with van der Waals surface area (Å²) in [6.07, 6.45) is 2.32. The van der Waals surface area contributed by atoms with Crippen molar-refractivity contribution in [2.24, 2.45) is 0 Å². The molecule has 0 radical (unpaired) electrons. The number of nitrogens with zero attached hydrogens (tertiary/aromatic N) is 3. The second-order valence-corrected chi connectivity index (χ2v) is 30.1. The van der Waals surface area contributed by atoms with Gasteiger partial charge in [0.1, 0.15) is 0 Å². The van der Waals surface area contributed by atoms with Crippen LogP contribution in [0.2, 0.25) is 0 Å². The van der Waals surface area contributed by atoms with Crippen LogP contribution in [-0.2, 0) is 16.2 Å². The van der Waals surface area contributed by atoms with Crippen LogP contribution in [0.15, 0.2) is 224 Å². The van der Waals surface area contributed by atoms with Crippen LogP contribution in [0.3, 0.4) is 0 Å². The van der Waals surface area contributed by atoms with Gasteiger partial charge in [0, 0.05) is 50.0 Å². The topological polar surface area (TPSA) is 9.72 Å². The Kier molecular flexibility index (Phi) is 10.1. The van der Waals surface area contributed by atoms with E-state index in [4.69, 9.17) is 0 Å². The van der Waals surface area contributed by atoms with Gasteiger partial charge in [-0.25, -0.2) is 0 Å². The first-order valence-corrected chi connectivity index (χ1v) is 31.6. The van der Waals surface area contributed by atoms with Gasteiger partial charge in [0.15, 0.2) is 8.07 Å². The van der Waals surface area contributed by atoms with Crippen LogP contribution in [0.5, 0.6) is 0 Å². The van der Waals surface area contributed by atoms with Crippen LogP contribution in [0.25, 0.3) is 43.5 Å². The van der Waals surface area contributed by atoms with Crippen molar-refractivity contribution in [2.75, 3.05) is 14.6 Å². The molecular weight excluding hydrogens is 1000 g/mol. The lowest BCUT2D eigenvalue weighted by molar-refractivity contribution is 0.332. The lowest BCUT2D eigenvalue weighted by Gasteiger charge is -2.51. The summed E-state index contributed by atoms with van der Waals surface area (Å²) in [4.78, 5) is 8.07. The van der Waals surface area contributed by atoms with E-state index in [1.807, 2.05) is 11.3 Å². The third-order valence-corrected chi connectivity index (χ3v) is 25.1. The second kappa shape index (κ2) is 16.9. The molecule has 1 aliphatic carbocycles. The fourth-order valence-corrected chi connectivity index (χ4v) is 22.0. The third-order valence-electron chi connectivity index (χ3n) is 19.0. The Morgan fingerprint density at radius 3 is 1.68 bits per heavy atom. The SMILES string of the molecule is CC(C)(C)c1ccc(N2c3cc(N(c4ccccc4)c4ccccc4)cc4c3B(c3c2sc2cc5c(cc32)C(C)(C)CCC5(C)C)N2c3ccccc3[Si]3(c5ccccc5-c5ccccc53)c3cccc-4c32)c(-c2ccccc2)c1. The van der Waals surface area contributed by atoms with E-state index in [2.05, 4.69) is 288 Å². The highest BCUT2D eigenvalue weighted by atomic mass is 32.1. The maximum atomic E-state index is 2.86. The summed E-state index contributed by atoms with van der Waals surface area (Å²) < 4.78 is 1.36. The molecule has 16 rings (SSSR count). The second-order valence-electron chi connectivity index (χ2n) is 25.4. The van der Waals surface area contributed by atoms with E-state index in [9.17, 15) is 0 Å². The molecule has 3 nitrogen and oxygen atoms in total. The number of benzene rings is 10. The Bertz CT molecular complexity index is 4300. The molecule has 1 aromatic heterocycles. The number of hydrogen-bond acceptors (Lipinski definition) is 4. The Morgan fingerprint density at radius 1 is 0.463 bits per heavy atom. The van der Waals surface area contributed by atoms with Crippen molar-refractivity contribution in [1.29, 1.82) is 0 Å². The van der Waals surface area contributed by atoms with Crippen molar-refractivity contribution < 1.29 is 0 Å². The van der Waals surface area contributed by atoms with E-state index in [0.717, 1.165) is 29.9 Å². The van der Waals surface area contributed by atoms with Crippen LogP contribution in [-0.4, -0.2) is 14.9 Å². The van der Waals surface area contributed by atoms with E-state index in [0.29, 0.717) is 0 Å². The highest BCUT2D eigenvalue weighted by Crippen LogP contribution is 2.56. The number of hydrogen-bond donors (Lipinski definition) is 0. The molecule has 0 unspecified atom stereocenters. The van der Waals surface area contributed by atoms with Crippen molar-refractivity contribution in [1.82, 2.24) is 0 Å². The highest BCUT2D eigenvalue weighted by Gasteiger charge is 2.58. The van der Waals surface area contributed by atoms with Gasteiger partial charge in [-0.05, 0) is 172 Å². The molecule has 0 amide bonds. The molecule has 1 spiro atoms. The van der Waals surface area contributed by atoms with Crippen LogP contribution in [0.4, 0.5) is 44.8 Å². The third kappa shape index (κ3) is 6.55. The zero-order valence-electron chi connectivity index (χ0n) is 46.6. The normalized spacial score (nSPS) is 16.1. The maximum Gasteiger partial charge on any atom is 0.334 e. The number of fused-ring (bicyclic) bond motifs is 16. The standard InChI is InChI=1S/C74H62BN3SSi/c1-72(2,3)48-38-39-60(55(42-48)47-24-11-8-12-25-47)77-62-44-51(76(49-26-13-9-14-27-49)50-28-15-10-16-29-50)43-56-54-32-23-37-67-70(54)78(61-33-19-22-36-66(61)80(67)64-34-20-17-30-52(64)53-31-18-21-35-65(53)80)75(68(56)62)69-57-45-58-59(46-63(57)79-71(69)77)74(6,7)41-40-73(58,4)5/h8-39,42-46H,40-41H2,1-7H3. The van der Waals surface area contributed by atoms with E-state index >= 15 is 0 Å². The molecule has 5 heterocycles. The molecule has 386 valence electrons.